The van der Waals surface area contributed by atoms with Crippen LogP contribution in [0.25, 0.3) is 0 Å². The van der Waals surface area contributed by atoms with E-state index in [4.69, 9.17) is 14.2 Å². The molecule has 0 bridgehead atoms. The third-order valence-electron chi connectivity index (χ3n) is 4.82. The molecule has 0 unspecified atom stereocenters. The van der Waals surface area contributed by atoms with Gasteiger partial charge in [-0.15, -0.1) is 0 Å². The third kappa shape index (κ3) is 6.17. The number of aryl methyl sites for hydroxylation is 2. The van der Waals surface area contributed by atoms with Crippen LogP contribution in [-0.4, -0.2) is 35.2 Å². The molecule has 0 heterocycles. The van der Waals surface area contributed by atoms with Gasteiger partial charge in [0.1, 0.15) is 17.2 Å². The fourth-order valence-corrected chi connectivity index (χ4v) is 4.13. The van der Waals surface area contributed by atoms with Gasteiger partial charge in [-0.1, -0.05) is 12.1 Å². The number of hydrogen-bond donors (Lipinski definition) is 2. The molecule has 2 N–H and O–H groups in total. The standard InChI is InChI=1S/C24H26N2O6S/c1-16-5-6-17(2)21(13-16)26-33(28,29)20-10-7-18(8-11-20)32-15-24(27)25-22-14-19(30-3)9-12-23(22)31-4/h5-14,26H,15H2,1-4H3,(H,25,27). The van der Waals surface area contributed by atoms with Crippen LogP contribution < -0.4 is 24.2 Å². The smallest absolute Gasteiger partial charge is 0.262 e. The molecule has 8 nitrogen and oxygen atoms in total. The van der Waals surface area contributed by atoms with E-state index in [2.05, 4.69) is 10.0 Å². The van der Waals surface area contributed by atoms with Crippen molar-refractivity contribution in [2.45, 2.75) is 18.7 Å². The zero-order valence-electron chi connectivity index (χ0n) is 18.8. The number of carbonyl (C=O) groups is 1. The van der Waals surface area contributed by atoms with Gasteiger partial charge in [-0.3, -0.25) is 9.52 Å². The monoisotopic (exact) mass is 470 g/mol. The lowest BCUT2D eigenvalue weighted by molar-refractivity contribution is -0.118. The summed E-state index contributed by atoms with van der Waals surface area (Å²) in [5, 5.41) is 2.70. The largest absolute Gasteiger partial charge is 0.497 e. The summed E-state index contributed by atoms with van der Waals surface area (Å²) in [6.07, 6.45) is 0. The second kappa shape index (κ2) is 10.3. The highest BCUT2D eigenvalue weighted by atomic mass is 32.2. The van der Waals surface area contributed by atoms with Gasteiger partial charge in [0.05, 0.1) is 30.5 Å². The van der Waals surface area contributed by atoms with E-state index in [-0.39, 0.29) is 11.5 Å². The Morgan fingerprint density at radius 3 is 2.21 bits per heavy atom. The highest BCUT2D eigenvalue weighted by molar-refractivity contribution is 7.92. The average molecular weight is 471 g/mol. The van der Waals surface area contributed by atoms with Crippen LogP contribution in [0.1, 0.15) is 11.1 Å². The fourth-order valence-electron chi connectivity index (χ4n) is 3.01. The van der Waals surface area contributed by atoms with Crippen molar-refractivity contribution in [1.29, 1.82) is 0 Å². The van der Waals surface area contributed by atoms with Crippen molar-refractivity contribution in [3.8, 4) is 17.2 Å². The summed E-state index contributed by atoms with van der Waals surface area (Å²) in [5.41, 5.74) is 2.75. The van der Waals surface area contributed by atoms with E-state index >= 15 is 0 Å². The molecule has 174 valence electrons. The zero-order valence-corrected chi connectivity index (χ0v) is 19.7. The minimum Gasteiger partial charge on any atom is -0.497 e. The summed E-state index contributed by atoms with van der Waals surface area (Å²) < 4.78 is 43.9. The second-order valence-corrected chi connectivity index (χ2v) is 8.98. The first-order valence-corrected chi connectivity index (χ1v) is 11.5. The van der Waals surface area contributed by atoms with Gasteiger partial charge >= 0.3 is 0 Å². The first-order chi connectivity index (χ1) is 15.7. The second-order valence-electron chi connectivity index (χ2n) is 7.30. The van der Waals surface area contributed by atoms with Gasteiger partial charge in [0.2, 0.25) is 0 Å². The number of anilines is 2. The normalized spacial score (nSPS) is 10.9. The SMILES string of the molecule is COc1ccc(OC)c(NC(=O)COc2ccc(S(=O)(=O)Nc3cc(C)ccc3C)cc2)c1. The number of sulfonamides is 1. The summed E-state index contributed by atoms with van der Waals surface area (Å²) in [4.78, 5) is 12.4. The van der Waals surface area contributed by atoms with Gasteiger partial charge in [-0.25, -0.2) is 8.42 Å². The van der Waals surface area contributed by atoms with Crippen molar-refractivity contribution in [1.82, 2.24) is 0 Å². The molecule has 0 saturated carbocycles. The minimum absolute atomic E-state index is 0.0846. The zero-order chi connectivity index (χ0) is 24.0. The van der Waals surface area contributed by atoms with Crippen molar-refractivity contribution in [2.24, 2.45) is 0 Å². The summed E-state index contributed by atoms with van der Waals surface area (Å²) in [6.45, 7) is 3.46. The number of benzene rings is 3. The van der Waals surface area contributed by atoms with E-state index in [0.29, 0.717) is 28.6 Å². The van der Waals surface area contributed by atoms with Crippen molar-refractivity contribution in [2.75, 3.05) is 30.9 Å². The van der Waals surface area contributed by atoms with Crippen LogP contribution >= 0.6 is 0 Å². The molecule has 3 aromatic rings. The molecule has 0 aromatic heterocycles. The molecule has 3 rings (SSSR count). The lowest BCUT2D eigenvalue weighted by Gasteiger charge is -2.13. The number of rotatable bonds is 9. The minimum atomic E-state index is -3.77. The molecule has 0 radical (unpaired) electrons. The summed E-state index contributed by atoms with van der Waals surface area (Å²) >= 11 is 0. The van der Waals surface area contributed by atoms with Gasteiger partial charge < -0.3 is 19.5 Å². The summed E-state index contributed by atoms with van der Waals surface area (Å²) in [6, 6.07) is 16.4. The fraction of sp³-hybridized carbons (Fsp3) is 0.208. The maximum Gasteiger partial charge on any atom is 0.262 e. The van der Waals surface area contributed by atoms with E-state index in [1.807, 2.05) is 26.0 Å². The first kappa shape index (κ1) is 23.9. The molecule has 0 aliphatic heterocycles. The Balaban J connectivity index is 1.63. The number of hydrogen-bond acceptors (Lipinski definition) is 6. The molecule has 0 fully saturated rings. The third-order valence-corrected chi connectivity index (χ3v) is 6.20. The van der Waals surface area contributed by atoms with Crippen LogP contribution in [-0.2, 0) is 14.8 Å². The first-order valence-electron chi connectivity index (χ1n) is 10.1. The Morgan fingerprint density at radius 1 is 0.848 bits per heavy atom. The Labute approximate surface area is 193 Å². The molecule has 3 aromatic carbocycles. The molecular formula is C24H26N2O6S. The molecule has 9 heteroatoms. The number of methoxy groups -OCH3 is 2. The molecule has 0 aliphatic rings. The van der Waals surface area contributed by atoms with Crippen LogP contribution in [0.3, 0.4) is 0 Å². The van der Waals surface area contributed by atoms with E-state index in [0.717, 1.165) is 11.1 Å². The highest BCUT2D eigenvalue weighted by Gasteiger charge is 2.16. The van der Waals surface area contributed by atoms with Gasteiger partial charge in [0, 0.05) is 6.07 Å². The number of nitrogens with one attached hydrogen (secondary N) is 2. The molecule has 0 spiro atoms. The van der Waals surface area contributed by atoms with Gasteiger partial charge in [0.25, 0.3) is 15.9 Å². The summed E-state index contributed by atoms with van der Waals surface area (Å²) in [5.74, 6) is 0.997. The van der Waals surface area contributed by atoms with E-state index in [1.165, 1.54) is 38.5 Å². The highest BCUT2D eigenvalue weighted by Crippen LogP contribution is 2.29. The van der Waals surface area contributed by atoms with Gasteiger partial charge in [-0.2, -0.15) is 0 Å². The van der Waals surface area contributed by atoms with Crippen LogP contribution in [0.5, 0.6) is 17.2 Å². The molecule has 33 heavy (non-hydrogen) atoms. The van der Waals surface area contributed by atoms with Crippen LogP contribution in [0.15, 0.2) is 65.6 Å². The van der Waals surface area contributed by atoms with Gasteiger partial charge in [0.15, 0.2) is 6.61 Å². The van der Waals surface area contributed by atoms with E-state index < -0.39 is 15.9 Å². The van der Waals surface area contributed by atoms with Crippen LogP contribution in [0, 0.1) is 13.8 Å². The lowest BCUT2D eigenvalue weighted by atomic mass is 10.1. The average Bonchev–Trinajstić information content (AvgIpc) is 2.80. The Morgan fingerprint density at radius 2 is 1.55 bits per heavy atom. The molecular weight excluding hydrogens is 444 g/mol. The Hall–Kier alpha value is -3.72. The molecule has 1 amide bonds. The van der Waals surface area contributed by atoms with E-state index in [1.54, 1.807) is 24.3 Å². The number of amides is 1. The predicted molar refractivity (Wildman–Crippen MR) is 127 cm³/mol. The number of carbonyl (C=O) groups excluding carboxylic acids is 1. The molecule has 0 atom stereocenters. The van der Waals surface area contributed by atoms with Crippen LogP contribution in [0.2, 0.25) is 0 Å². The maximum atomic E-state index is 12.7. The Bertz CT molecular complexity index is 1240. The topological polar surface area (TPSA) is 103 Å². The lowest BCUT2D eigenvalue weighted by Crippen LogP contribution is -2.20. The van der Waals surface area contributed by atoms with Crippen molar-refractivity contribution < 1.29 is 27.4 Å². The number of ether oxygens (including phenoxy) is 3. The maximum absolute atomic E-state index is 12.7. The Kier molecular flexibility index (Phi) is 7.44. The van der Waals surface area contributed by atoms with Crippen LogP contribution in [0.4, 0.5) is 11.4 Å². The van der Waals surface area contributed by atoms with Gasteiger partial charge in [-0.05, 0) is 67.4 Å². The van der Waals surface area contributed by atoms with E-state index in [9.17, 15) is 13.2 Å². The van der Waals surface area contributed by atoms with Crippen molar-refractivity contribution >= 4 is 27.3 Å². The predicted octanol–water partition coefficient (Wildman–Crippen LogP) is 4.14. The van der Waals surface area contributed by atoms with Crippen molar-refractivity contribution in [3.05, 3.63) is 71.8 Å². The molecule has 0 aliphatic carbocycles. The van der Waals surface area contributed by atoms with Crippen molar-refractivity contribution in [3.63, 3.8) is 0 Å². The molecule has 0 saturated heterocycles. The quantitative estimate of drug-likeness (QED) is 0.487. The summed E-state index contributed by atoms with van der Waals surface area (Å²) in [7, 11) is -0.742.